The zero-order chi connectivity index (χ0) is 28.0. The zero-order valence-corrected chi connectivity index (χ0v) is 22.0. The number of esters is 1. The van der Waals surface area contributed by atoms with Gasteiger partial charge in [0.1, 0.15) is 12.5 Å². The first-order valence-electron chi connectivity index (χ1n) is 12.3. The highest BCUT2D eigenvalue weighted by Gasteiger charge is 2.30. The Balaban J connectivity index is 2.22. The molecule has 38 heavy (non-hydrogen) atoms. The number of benzene rings is 2. The number of rotatable bonds is 10. The predicted octanol–water partition coefficient (Wildman–Crippen LogP) is 8.25. The van der Waals surface area contributed by atoms with Crippen LogP contribution in [-0.2, 0) is 22.4 Å². The summed E-state index contributed by atoms with van der Waals surface area (Å²) in [6, 6.07) is 15.3. The third-order valence-electron chi connectivity index (χ3n) is 6.01. The minimum absolute atomic E-state index is 0.141. The highest BCUT2D eigenvalue weighted by atomic mass is 19.4. The van der Waals surface area contributed by atoms with Crippen molar-refractivity contribution in [3.8, 4) is 11.3 Å². The van der Waals surface area contributed by atoms with Crippen LogP contribution in [0.4, 0.5) is 29.1 Å². The van der Waals surface area contributed by atoms with Gasteiger partial charge in [0.05, 0.1) is 24.3 Å². The molecule has 202 valence electrons. The predicted molar refractivity (Wildman–Crippen MR) is 142 cm³/mol. The van der Waals surface area contributed by atoms with Gasteiger partial charge in [-0.15, -0.1) is 6.58 Å². The largest absolute Gasteiger partial charge is 0.469 e. The topological polar surface area (TPSA) is 42.4 Å². The molecule has 0 aliphatic rings. The molecule has 0 aliphatic carbocycles. The second kappa shape index (κ2) is 12.2. The molecule has 3 aromatic rings. The van der Waals surface area contributed by atoms with Crippen molar-refractivity contribution in [2.45, 2.75) is 46.0 Å². The van der Waals surface area contributed by atoms with Gasteiger partial charge >= 0.3 is 12.1 Å². The third-order valence-corrected chi connectivity index (χ3v) is 6.01. The SMILES string of the molecule is C=C(C)CC(C(=O)OC)c1cc(-c2ccc(CF)cc2)nc(N(CC(C)C)c2ccc(C(F)(F)F)cc2)c1. The number of ether oxygens (including phenoxy) is 1. The van der Waals surface area contributed by atoms with Gasteiger partial charge in [0, 0.05) is 17.8 Å². The number of allylic oxidation sites excluding steroid dienone is 1. The van der Waals surface area contributed by atoms with Gasteiger partial charge in [0.15, 0.2) is 0 Å². The summed E-state index contributed by atoms with van der Waals surface area (Å²) in [6.45, 7) is 9.63. The molecule has 1 heterocycles. The number of carbonyl (C=O) groups is 1. The molecule has 0 saturated carbocycles. The fourth-order valence-corrected chi connectivity index (χ4v) is 4.14. The highest BCUT2D eigenvalue weighted by Crippen LogP contribution is 2.36. The fraction of sp³-hybridized carbons (Fsp3) is 0.333. The summed E-state index contributed by atoms with van der Waals surface area (Å²) < 4.78 is 57.8. The van der Waals surface area contributed by atoms with E-state index in [0.29, 0.717) is 46.9 Å². The van der Waals surface area contributed by atoms with Crippen molar-refractivity contribution >= 4 is 17.5 Å². The number of nitrogens with zero attached hydrogens (tertiary/aromatic N) is 2. The molecule has 0 N–H and O–H groups in total. The summed E-state index contributed by atoms with van der Waals surface area (Å²) in [7, 11) is 1.32. The molecular formula is C30H32F4N2O2. The molecule has 0 amide bonds. The van der Waals surface area contributed by atoms with Crippen LogP contribution in [0, 0.1) is 5.92 Å². The van der Waals surface area contributed by atoms with Crippen LogP contribution >= 0.6 is 0 Å². The number of aromatic nitrogens is 1. The van der Waals surface area contributed by atoms with Gasteiger partial charge in [0.25, 0.3) is 0 Å². The number of anilines is 2. The van der Waals surface area contributed by atoms with Crippen LogP contribution in [0.1, 0.15) is 49.8 Å². The van der Waals surface area contributed by atoms with Gasteiger partial charge in [-0.2, -0.15) is 13.2 Å². The van der Waals surface area contributed by atoms with Crippen molar-refractivity contribution < 1.29 is 27.1 Å². The lowest BCUT2D eigenvalue weighted by Crippen LogP contribution is -2.24. The summed E-state index contributed by atoms with van der Waals surface area (Å²) in [5, 5.41) is 0. The average Bonchev–Trinajstić information content (AvgIpc) is 2.89. The Morgan fingerprint density at radius 2 is 1.68 bits per heavy atom. The second-order valence-corrected chi connectivity index (χ2v) is 9.76. The van der Waals surface area contributed by atoms with Gasteiger partial charge in [-0.3, -0.25) is 4.79 Å². The summed E-state index contributed by atoms with van der Waals surface area (Å²) in [4.78, 5) is 19.5. The van der Waals surface area contributed by atoms with Gasteiger partial charge < -0.3 is 9.64 Å². The van der Waals surface area contributed by atoms with Gasteiger partial charge in [0.2, 0.25) is 0 Å². The molecular weight excluding hydrogens is 496 g/mol. The molecule has 0 bridgehead atoms. The van der Waals surface area contributed by atoms with Crippen molar-refractivity contribution in [3.05, 3.63) is 89.5 Å². The van der Waals surface area contributed by atoms with E-state index >= 15 is 0 Å². The number of halogens is 4. The van der Waals surface area contributed by atoms with Crippen LogP contribution in [-0.4, -0.2) is 24.6 Å². The fourth-order valence-electron chi connectivity index (χ4n) is 4.14. The number of carbonyl (C=O) groups excluding carboxylic acids is 1. The molecule has 1 unspecified atom stereocenters. The van der Waals surface area contributed by atoms with E-state index in [1.54, 1.807) is 36.4 Å². The molecule has 4 nitrogen and oxygen atoms in total. The molecule has 0 radical (unpaired) electrons. The van der Waals surface area contributed by atoms with Crippen LogP contribution in [0.25, 0.3) is 11.3 Å². The Labute approximate surface area is 221 Å². The lowest BCUT2D eigenvalue weighted by Gasteiger charge is -2.28. The first-order valence-corrected chi connectivity index (χ1v) is 12.3. The van der Waals surface area contributed by atoms with Crippen LogP contribution in [0.15, 0.2) is 72.8 Å². The Hall–Kier alpha value is -3.68. The first kappa shape index (κ1) is 28.9. The van der Waals surface area contributed by atoms with Crippen molar-refractivity contribution in [1.82, 2.24) is 4.98 Å². The number of alkyl halides is 4. The monoisotopic (exact) mass is 528 g/mol. The molecule has 0 fully saturated rings. The minimum atomic E-state index is -4.45. The molecule has 0 saturated heterocycles. The van der Waals surface area contributed by atoms with E-state index < -0.39 is 30.3 Å². The van der Waals surface area contributed by atoms with Crippen LogP contribution in [0.3, 0.4) is 0 Å². The highest BCUT2D eigenvalue weighted by molar-refractivity contribution is 5.80. The zero-order valence-electron chi connectivity index (χ0n) is 22.0. The number of methoxy groups -OCH3 is 1. The quantitative estimate of drug-likeness (QED) is 0.151. The molecule has 3 rings (SSSR count). The van der Waals surface area contributed by atoms with Crippen molar-refractivity contribution in [2.24, 2.45) is 5.92 Å². The maximum atomic E-state index is 13.2. The molecule has 1 aromatic heterocycles. The lowest BCUT2D eigenvalue weighted by molar-refractivity contribution is -0.142. The van der Waals surface area contributed by atoms with Crippen molar-refractivity contribution in [3.63, 3.8) is 0 Å². The Morgan fingerprint density at radius 1 is 1.05 bits per heavy atom. The Kier molecular flexibility index (Phi) is 9.31. The number of hydrogen-bond acceptors (Lipinski definition) is 4. The van der Waals surface area contributed by atoms with Crippen LogP contribution in [0.2, 0.25) is 0 Å². The molecule has 1 atom stereocenters. The molecule has 2 aromatic carbocycles. The smallest absolute Gasteiger partial charge is 0.416 e. The van der Waals surface area contributed by atoms with Crippen molar-refractivity contribution in [1.29, 1.82) is 0 Å². The summed E-state index contributed by atoms with van der Waals surface area (Å²) in [5.41, 5.74) is 2.98. The van der Waals surface area contributed by atoms with Gasteiger partial charge in [-0.25, -0.2) is 9.37 Å². The summed E-state index contributed by atoms with van der Waals surface area (Å²) in [5.74, 6) is -0.483. The maximum Gasteiger partial charge on any atom is 0.416 e. The molecule has 0 spiro atoms. The number of hydrogen-bond donors (Lipinski definition) is 0. The van der Waals surface area contributed by atoms with E-state index in [2.05, 4.69) is 6.58 Å². The summed E-state index contributed by atoms with van der Waals surface area (Å²) >= 11 is 0. The lowest BCUT2D eigenvalue weighted by atomic mass is 9.92. The minimum Gasteiger partial charge on any atom is -0.469 e. The van der Waals surface area contributed by atoms with Gasteiger partial charge in [-0.1, -0.05) is 43.7 Å². The first-order chi connectivity index (χ1) is 17.9. The second-order valence-electron chi connectivity index (χ2n) is 9.76. The van der Waals surface area contributed by atoms with E-state index in [4.69, 9.17) is 9.72 Å². The van der Waals surface area contributed by atoms with Crippen LogP contribution < -0.4 is 4.90 Å². The Morgan fingerprint density at radius 3 is 2.18 bits per heavy atom. The van der Waals surface area contributed by atoms with E-state index in [0.717, 1.165) is 17.7 Å². The average molecular weight is 529 g/mol. The van der Waals surface area contributed by atoms with E-state index in [1.165, 1.54) is 19.2 Å². The summed E-state index contributed by atoms with van der Waals surface area (Å²) in [6.07, 6.45) is -4.10. The molecule has 8 heteroatoms. The van der Waals surface area contributed by atoms with Crippen LogP contribution in [0.5, 0.6) is 0 Å². The van der Waals surface area contributed by atoms with E-state index in [-0.39, 0.29) is 5.92 Å². The van der Waals surface area contributed by atoms with E-state index in [1.807, 2.05) is 25.7 Å². The normalized spacial score (nSPS) is 12.3. The third kappa shape index (κ3) is 7.21. The molecule has 0 aliphatic heterocycles. The number of pyridine rings is 1. The van der Waals surface area contributed by atoms with Gasteiger partial charge in [-0.05, 0) is 66.8 Å². The van der Waals surface area contributed by atoms with E-state index in [9.17, 15) is 22.4 Å². The Bertz CT molecular complexity index is 1250. The standard InChI is InChI=1S/C30H32F4N2O2/c1-19(2)14-26(29(37)38-5)23-15-27(22-8-6-21(17-31)7-9-22)35-28(16-23)36(18-20(3)4)25-12-10-24(11-13-25)30(32,33)34/h6-13,15-16,20,26H,1,14,17-18H2,2-5H3. The van der Waals surface area contributed by atoms with Crippen molar-refractivity contribution in [2.75, 3.05) is 18.6 Å². The maximum absolute atomic E-state index is 13.2.